The normalized spacial score (nSPS) is 21.0. The Balaban J connectivity index is 1.88. The van der Waals surface area contributed by atoms with E-state index >= 15 is 0 Å². The summed E-state index contributed by atoms with van der Waals surface area (Å²) >= 11 is 0. The van der Waals surface area contributed by atoms with Crippen LogP contribution in [-0.4, -0.2) is 36.2 Å². The maximum atomic E-state index is 13.9. The SMILES string of the molecule is C=CC(=O)N(Cc1ccc2ccccc2c1)[C@@H]1COC[C@H]1F. The van der Waals surface area contributed by atoms with Crippen LogP contribution in [0.15, 0.2) is 55.1 Å². The molecule has 0 spiro atoms. The Hall–Kier alpha value is -2.20. The highest BCUT2D eigenvalue weighted by Gasteiger charge is 2.35. The van der Waals surface area contributed by atoms with Crippen LogP contribution in [0.3, 0.4) is 0 Å². The van der Waals surface area contributed by atoms with Gasteiger partial charge < -0.3 is 9.64 Å². The molecule has 1 aliphatic heterocycles. The van der Waals surface area contributed by atoms with Crippen molar-refractivity contribution < 1.29 is 13.9 Å². The zero-order valence-corrected chi connectivity index (χ0v) is 12.2. The molecule has 1 amide bonds. The number of ether oxygens (including phenoxy) is 1. The van der Waals surface area contributed by atoms with Crippen LogP contribution in [-0.2, 0) is 16.1 Å². The number of carbonyl (C=O) groups excluding carboxylic acids is 1. The predicted octanol–water partition coefficient (Wildman–Crippen LogP) is 3.09. The second-order valence-corrected chi connectivity index (χ2v) is 5.47. The van der Waals surface area contributed by atoms with Gasteiger partial charge in [0.15, 0.2) is 0 Å². The second-order valence-electron chi connectivity index (χ2n) is 5.47. The highest BCUT2D eigenvalue weighted by molar-refractivity contribution is 5.87. The number of benzene rings is 2. The summed E-state index contributed by atoms with van der Waals surface area (Å²) in [7, 11) is 0. The third-order valence-electron chi connectivity index (χ3n) is 4.01. The molecule has 114 valence electrons. The van der Waals surface area contributed by atoms with Gasteiger partial charge in [0.1, 0.15) is 6.17 Å². The Morgan fingerprint density at radius 3 is 2.73 bits per heavy atom. The molecule has 3 rings (SSSR count). The van der Waals surface area contributed by atoms with E-state index in [1.165, 1.54) is 11.0 Å². The summed E-state index contributed by atoms with van der Waals surface area (Å²) in [5.41, 5.74) is 0.966. The van der Waals surface area contributed by atoms with E-state index in [2.05, 4.69) is 6.58 Å². The van der Waals surface area contributed by atoms with Gasteiger partial charge in [-0.2, -0.15) is 0 Å². The standard InChI is InChI=1S/C18H18FNO2/c1-2-18(21)20(17-12-22-11-16(17)19)10-13-7-8-14-5-3-4-6-15(14)9-13/h2-9,16-17H,1,10-12H2/t16-,17-/m1/s1. The van der Waals surface area contributed by atoms with Gasteiger partial charge in [0, 0.05) is 6.54 Å². The van der Waals surface area contributed by atoms with E-state index in [9.17, 15) is 9.18 Å². The minimum absolute atomic E-state index is 0.0450. The molecule has 0 radical (unpaired) electrons. The fourth-order valence-electron chi connectivity index (χ4n) is 2.81. The van der Waals surface area contributed by atoms with E-state index in [4.69, 9.17) is 4.74 Å². The molecule has 4 heteroatoms. The molecule has 1 fully saturated rings. The molecule has 1 saturated heterocycles. The van der Waals surface area contributed by atoms with Crippen LogP contribution in [0.1, 0.15) is 5.56 Å². The molecule has 2 aromatic carbocycles. The van der Waals surface area contributed by atoms with Gasteiger partial charge in [0.2, 0.25) is 5.91 Å². The Morgan fingerprint density at radius 1 is 1.27 bits per heavy atom. The zero-order valence-electron chi connectivity index (χ0n) is 12.2. The van der Waals surface area contributed by atoms with Gasteiger partial charge in [-0.1, -0.05) is 43.0 Å². The molecule has 0 unspecified atom stereocenters. The summed E-state index contributed by atoms with van der Waals surface area (Å²) in [6.07, 6.45) is 0.0795. The van der Waals surface area contributed by atoms with Gasteiger partial charge in [-0.25, -0.2) is 4.39 Å². The quantitative estimate of drug-likeness (QED) is 0.812. The van der Waals surface area contributed by atoms with Crippen molar-refractivity contribution in [2.24, 2.45) is 0 Å². The number of amides is 1. The number of fused-ring (bicyclic) bond motifs is 1. The molecular weight excluding hydrogens is 281 g/mol. The van der Waals surface area contributed by atoms with Crippen LogP contribution in [0.2, 0.25) is 0 Å². The predicted molar refractivity (Wildman–Crippen MR) is 84.2 cm³/mol. The molecule has 0 aromatic heterocycles. The smallest absolute Gasteiger partial charge is 0.246 e. The van der Waals surface area contributed by atoms with Crippen molar-refractivity contribution in [3.63, 3.8) is 0 Å². The maximum Gasteiger partial charge on any atom is 0.246 e. The average molecular weight is 299 g/mol. The first kappa shape index (κ1) is 14.7. The van der Waals surface area contributed by atoms with Crippen molar-refractivity contribution in [3.05, 3.63) is 60.7 Å². The van der Waals surface area contributed by atoms with Crippen LogP contribution < -0.4 is 0 Å². The lowest BCUT2D eigenvalue weighted by atomic mass is 10.1. The summed E-state index contributed by atoms with van der Waals surface area (Å²) < 4.78 is 19.1. The van der Waals surface area contributed by atoms with Crippen molar-refractivity contribution in [1.29, 1.82) is 0 Å². The third kappa shape index (κ3) is 2.88. The molecule has 22 heavy (non-hydrogen) atoms. The first-order valence-electron chi connectivity index (χ1n) is 7.31. The number of nitrogens with zero attached hydrogens (tertiary/aromatic N) is 1. The molecule has 1 aliphatic rings. The van der Waals surface area contributed by atoms with Crippen LogP contribution in [0, 0.1) is 0 Å². The molecule has 2 atom stereocenters. The van der Waals surface area contributed by atoms with Gasteiger partial charge in [-0.05, 0) is 28.5 Å². The van der Waals surface area contributed by atoms with Crippen LogP contribution >= 0.6 is 0 Å². The highest BCUT2D eigenvalue weighted by Crippen LogP contribution is 2.22. The van der Waals surface area contributed by atoms with Crippen LogP contribution in [0.5, 0.6) is 0 Å². The number of carbonyl (C=O) groups is 1. The largest absolute Gasteiger partial charge is 0.376 e. The third-order valence-corrected chi connectivity index (χ3v) is 4.01. The highest BCUT2D eigenvalue weighted by atomic mass is 19.1. The van der Waals surface area contributed by atoms with E-state index in [0.29, 0.717) is 6.54 Å². The van der Waals surface area contributed by atoms with Crippen molar-refractivity contribution in [2.45, 2.75) is 18.8 Å². The molecule has 0 aliphatic carbocycles. The molecular formula is C18H18FNO2. The molecule has 3 nitrogen and oxygen atoms in total. The van der Waals surface area contributed by atoms with E-state index in [0.717, 1.165) is 16.3 Å². The van der Waals surface area contributed by atoms with Crippen molar-refractivity contribution in [2.75, 3.05) is 13.2 Å². The van der Waals surface area contributed by atoms with Crippen molar-refractivity contribution in [3.8, 4) is 0 Å². The van der Waals surface area contributed by atoms with Crippen molar-refractivity contribution in [1.82, 2.24) is 4.90 Å². The topological polar surface area (TPSA) is 29.5 Å². The van der Waals surface area contributed by atoms with Gasteiger partial charge in [-0.15, -0.1) is 0 Å². The minimum atomic E-state index is -1.15. The van der Waals surface area contributed by atoms with Crippen LogP contribution in [0.25, 0.3) is 10.8 Å². The molecule has 1 heterocycles. The zero-order chi connectivity index (χ0) is 15.5. The Labute approximate surface area is 129 Å². The summed E-state index contributed by atoms with van der Waals surface area (Å²) in [6, 6.07) is 13.5. The van der Waals surface area contributed by atoms with E-state index in [-0.39, 0.29) is 19.1 Å². The summed E-state index contributed by atoms with van der Waals surface area (Å²) in [5.74, 6) is -0.272. The molecule has 0 N–H and O–H groups in total. The lowest BCUT2D eigenvalue weighted by Crippen LogP contribution is -2.44. The number of hydrogen-bond donors (Lipinski definition) is 0. The van der Waals surface area contributed by atoms with E-state index in [1.807, 2.05) is 42.5 Å². The van der Waals surface area contributed by atoms with Gasteiger partial charge in [-0.3, -0.25) is 4.79 Å². The number of hydrogen-bond acceptors (Lipinski definition) is 2. The fraction of sp³-hybridized carbons (Fsp3) is 0.278. The molecule has 2 aromatic rings. The number of alkyl halides is 1. The fourth-order valence-corrected chi connectivity index (χ4v) is 2.81. The second kappa shape index (κ2) is 6.28. The Bertz CT molecular complexity index is 700. The van der Waals surface area contributed by atoms with Crippen LogP contribution in [0.4, 0.5) is 4.39 Å². The summed E-state index contributed by atoms with van der Waals surface area (Å²) in [4.78, 5) is 13.6. The maximum absolute atomic E-state index is 13.9. The lowest BCUT2D eigenvalue weighted by Gasteiger charge is -2.28. The molecule has 0 saturated carbocycles. The lowest BCUT2D eigenvalue weighted by molar-refractivity contribution is -0.129. The Morgan fingerprint density at radius 2 is 2.05 bits per heavy atom. The van der Waals surface area contributed by atoms with Gasteiger partial charge >= 0.3 is 0 Å². The molecule has 0 bridgehead atoms. The van der Waals surface area contributed by atoms with E-state index < -0.39 is 12.2 Å². The van der Waals surface area contributed by atoms with Gasteiger partial charge in [0.25, 0.3) is 0 Å². The Kier molecular flexibility index (Phi) is 4.20. The first-order valence-corrected chi connectivity index (χ1v) is 7.31. The summed E-state index contributed by atoms with van der Waals surface area (Å²) in [6.45, 7) is 4.14. The van der Waals surface area contributed by atoms with E-state index in [1.54, 1.807) is 0 Å². The minimum Gasteiger partial charge on any atom is -0.376 e. The monoisotopic (exact) mass is 299 g/mol. The summed E-state index contributed by atoms with van der Waals surface area (Å²) in [5, 5.41) is 2.24. The average Bonchev–Trinajstić information content (AvgIpc) is 2.97. The van der Waals surface area contributed by atoms with Crippen molar-refractivity contribution >= 4 is 16.7 Å². The number of rotatable bonds is 4. The first-order chi connectivity index (χ1) is 10.7. The van der Waals surface area contributed by atoms with Gasteiger partial charge in [0.05, 0.1) is 19.3 Å². The number of halogens is 1.